The van der Waals surface area contributed by atoms with Gasteiger partial charge in [-0.25, -0.2) is 0 Å². The lowest BCUT2D eigenvalue weighted by atomic mass is 10.0. The third kappa shape index (κ3) is 3.16. The van der Waals surface area contributed by atoms with E-state index in [2.05, 4.69) is 36.9 Å². The summed E-state index contributed by atoms with van der Waals surface area (Å²) >= 11 is 0. The number of benzene rings is 2. The van der Waals surface area contributed by atoms with Gasteiger partial charge in [-0.05, 0) is 23.3 Å². The first-order valence-electron chi connectivity index (χ1n) is 6.37. The summed E-state index contributed by atoms with van der Waals surface area (Å²) in [6, 6.07) is 14.5. The number of aliphatic hydroxyl groups is 1. The predicted molar refractivity (Wildman–Crippen MR) is 79.1 cm³/mol. The number of rotatable bonds is 5. The molecule has 0 radical (unpaired) electrons. The molecule has 0 amide bonds. The highest BCUT2D eigenvalue weighted by molar-refractivity contribution is 5.83. The van der Waals surface area contributed by atoms with Gasteiger partial charge in [0.1, 0.15) is 5.76 Å². The number of allylic oxidation sites excluding steroid dienone is 1. The van der Waals surface area contributed by atoms with Crippen molar-refractivity contribution in [3.05, 3.63) is 72.2 Å². The zero-order valence-electron chi connectivity index (χ0n) is 11.1. The molecule has 2 rings (SSSR count). The third-order valence-corrected chi connectivity index (χ3v) is 3.04. The van der Waals surface area contributed by atoms with Crippen molar-refractivity contribution in [1.29, 1.82) is 0 Å². The molecule has 2 aromatic rings. The molecule has 98 valence electrons. The average Bonchev–Trinajstić information content (AvgIpc) is 2.44. The lowest BCUT2D eigenvalue weighted by molar-refractivity contribution is 0.236. The Labute approximate surface area is 113 Å². The van der Waals surface area contributed by atoms with E-state index in [1.807, 2.05) is 19.1 Å². The molecular weight excluding hydrogens is 236 g/mol. The van der Waals surface area contributed by atoms with Crippen molar-refractivity contribution in [2.45, 2.75) is 13.3 Å². The summed E-state index contributed by atoms with van der Waals surface area (Å²) in [7, 11) is 0. The largest absolute Gasteiger partial charge is 0.515 e. The minimum atomic E-state index is 0.526. The molecule has 1 N–H and O–H groups in total. The second kappa shape index (κ2) is 6.10. The monoisotopic (exact) mass is 254 g/mol. The topological polar surface area (TPSA) is 29.5 Å². The number of hydrogen-bond donors (Lipinski definition) is 1. The summed E-state index contributed by atoms with van der Waals surface area (Å²) in [6.07, 6.45) is 1.69. The van der Waals surface area contributed by atoms with Crippen LogP contribution in [0.1, 0.15) is 12.5 Å². The molecule has 19 heavy (non-hydrogen) atoms. The van der Waals surface area contributed by atoms with Gasteiger partial charge in [0.25, 0.3) is 0 Å². The van der Waals surface area contributed by atoms with Crippen LogP contribution >= 0.6 is 0 Å². The van der Waals surface area contributed by atoms with Crippen molar-refractivity contribution >= 4 is 10.8 Å². The summed E-state index contributed by atoms with van der Waals surface area (Å²) in [6.45, 7) is 6.27. The maximum atomic E-state index is 9.29. The van der Waals surface area contributed by atoms with Crippen molar-refractivity contribution in [1.82, 2.24) is 0 Å². The van der Waals surface area contributed by atoms with Gasteiger partial charge in [0, 0.05) is 12.0 Å². The van der Waals surface area contributed by atoms with Gasteiger partial charge in [-0.15, -0.1) is 0 Å². The molecule has 0 atom stereocenters. The molecular formula is C17H18O2. The summed E-state index contributed by atoms with van der Waals surface area (Å²) in [5, 5.41) is 11.7. The number of fused-ring (bicyclic) bond motifs is 1. The number of hydrogen-bond acceptors (Lipinski definition) is 2. The van der Waals surface area contributed by atoms with E-state index in [1.165, 1.54) is 10.8 Å². The summed E-state index contributed by atoms with van der Waals surface area (Å²) < 4.78 is 5.33. The van der Waals surface area contributed by atoms with Gasteiger partial charge < -0.3 is 9.84 Å². The number of aliphatic hydroxyl groups excluding tert-OH is 1. The highest BCUT2D eigenvalue weighted by atomic mass is 16.5. The Morgan fingerprint density at radius 3 is 2.63 bits per heavy atom. The molecule has 0 bridgehead atoms. The van der Waals surface area contributed by atoms with E-state index in [4.69, 9.17) is 4.74 Å². The first-order valence-corrected chi connectivity index (χ1v) is 6.37. The minimum Gasteiger partial charge on any atom is -0.515 e. The molecule has 0 heterocycles. The van der Waals surface area contributed by atoms with E-state index in [9.17, 15) is 5.11 Å². The van der Waals surface area contributed by atoms with Crippen LogP contribution in [0, 0.1) is 0 Å². The van der Waals surface area contributed by atoms with Gasteiger partial charge in [-0.2, -0.15) is 0 Å². The van der Waals surface area contributed by atoms with Crippen LogP contribution in [0.5, 0.6) is 0 Å². The van der Waals surface area contributed by atoms with Gasteiger partial charge in [-0.1, -0.05) is 49.0 Å². The Morgan fingerprint density at radius 1 is 1.21 bits per heavy atom. The molecule has 2 aromatic carbocycles. The normalized spacial score (nSPS) is 11.5. The standard InChI is InChI=1S/C17H18O2/c1-3-19-13(2)17(12-18)11-14-8-9-15-6-4-5-7-16(15)10-14/h4-10,12,18H,2-3,11H2,1H3/b17-12-. The maximum absolute atomic E-state index is 9.29. The molecule has 2 heteroatoms. The van der Waals surface area contributed by atoms with Gasteiger partial charge in [0.2, 0.25) is 0 Å². The Bertz CT molecular complexity index is 611. The van der Waals surface area contributed by atoms with Crippen molar-refractivity contribution in [3.63, 3.8) is 0 Å². The van der Waals surface area contributed by atoms with Crippen LogP contribution < -0.4 is 0 Å². The number of ether oxygens (including phenoxy) is 1. The van der Waals surface area contributed by atoms with E-state index >= 15 is 0 Å². The Hall–Kier alpha value is -2.22. The van der Waals surface area contributed by atoms with Crippen LogP contribution in [0.15, 0.2) is 66.6 Å². The zero-order valence-corrected chi connectivity index (χ0v) is 11.1. The van der Waals surface area contributed by atoms with Crippen molar-refractivity contribution in [2.24, 2.45) is 0 Å². The third-order valence-electron chi connectivity index (χ3n) is 3.04. The zero-order chi connectivity index (χ0) is 13.7. The molecule has 0 aliphatic rings. The summed E-state index contributed by atoms with van der Waals surface area (Å²) in [4.78, 5) is 0. The van der Waals surface area contributed by atoms with Crippen molar-refractivity contribution < 1.29 is 9.84 Å². The van der Waals surface area contributed by atoms with E-state index < -0.39 is 0 Å². The second-order valence-corrected chi connectivity index (χ2v) is 4.37. The molecule has 0 unspecified atom stereocenters. The van der Waals surface area contributed by atoms with Crippen LogP contribution in [0.2, 0.25) is 0 Å². The molecule has 2 nitrogen and oxygen atoms in total. The van der Waals surface area contributed by atoms with Gasteiger partial charge in [0.05, 0.1) is 12.9 Å². The smallest absolute Gasteiger partial charge is 0.118 e. The van der Waals surface area contributed by atoms with Crippen LogP contribution in [0.3, 0.4) is 0 Å². The first-order chi connectivity index (χ1) is 9.24. The fourth-order valence-corrected chi connectivity index (χ4v) is 2.05. The predicted octanol–water partition coefficient (Wildman–Crippen LogP) is 4.37. The summed E-state index contributed by atoms with van der Waals surface area (Å²) in [5.41, 5.74) is 1.83. The Balaban J connectivity index is 2.22. The lowest BCUT2D eigenvalue weighted by Crippen LogP contribution is -1.98. The first kappa shape index (κ1) is 13.2. The van der Waals surface area contributed by atoms with Crippen LogP contribution in [-0.4, -0.2) is 11.7 Å². The van der Waals surface area contributed by atoms with Crippen LogP contribution in [0.4, 0.5) is 0 Å². The molecule has 0 spiro atoms. The average molecular weight is 254 g/mol. The molecule has 0 saturated carbocycles. The van der Waals surface area contributed by atoms with Crippen LogP contribution in [0.25, 0.3) is 10.8 Å². The quantitative estimate of drug-likeness (QED) is 0.634. The minimum absolute atomic E-state index is 0.526. The molecule has 0 fully saturated rings. The molecule has 0 saturated heterocycles. The van der Waals surface area contributed by atoms with E-state index in [0.717, 1.165) is 11.8 Å². The van der Waals surface area contributed by atoms with E-state index in [0.29, 0.717) is 24.4 Å². The van der Waals surface area contributed by atoms with Gasteiger partial charge in [-0.3, -0.25) is 0 Å². The van der Waals surface area contributed by atoms with Gasteiger partial charge in [0.15, 0.2) is 0 Å². The molecule has 0 aliphatic heterocycles. The Kier molecular flexibility index (Phi) is 4.24. The van der Waals surface area contributed by atoms with E-state index in [-0.39, 0.29) is 0 Å². The molecule has 0 aromatic heterocycles. The summed E-state index contributed by atoms with van der Waals surface area (Å²) in [5.74, 6) is 0.526. The fourth-order valence-electron chi connectivity index (χ4n) is 2.05. The van der Waals surface area contributed by atoms with Crippen molar-refractivity contribution in [3.8, 4) is 0 Å². The van der Waals surface area contributed by atoms with Gasteiger partial charge >= 0.3 is 0 Å². The maximum Gasteiger partial charge on any atom is 0.118 e. The lowest BCUT2D eigenvalue weighted by Gasteiger charge is -2.11. The molecule has 0 aliphatic carbocycles. The van der Waals surface area contributed by atoms with Crippen molar-refractivity contribution in [2.75, 3.05) is 6.61 Å². The fraction of sp³-hybridized carbons (Fsp3) is 0.176. The second-order valence-electron chi connectivity index (χ2n) is 4.37. The highest BCUT2D eigenvalue weighted by Crippen LogP contribution is 2.20. The van der Waals surface area contributed by atoms with Crippen LogP contribution in [-0.2, 0) is 11.2 Å². The SMILES string of the molecule is C=C(OCC)/C(=C\O)Cc1ccc2ccccc2c1. The Morgan fingerprint density at radius 2 is 1.95 bits per heavy atom. The van der Waals surface area contributed by atoms with E-state index in [1.54, 1.807) is 0 Å². The highest BCUT2D eigenvalue weighted by Gasteiger charge is 2.06.